The van der Waals surface area contributed by atoms with E-state index in [1.54, 1.807) is 12.3 Å². The Morgan fingerprint density at radius 1 is 1.06 bits per heavy atom. The molecule has 8 nitrogen and oxygen atoms in total. The monoisotopic (exact) mass is 445 g/mol. The van der Waals surface area contributed by atoms with Crippen molar-refractivity contribution in [1.29, 1.82) is 0 Å². The van der Waals surface area contributed by atoms with E-state index in [-0.39, 0.29) is 5.91 Å². The molecule has 4 bridgehead atoms. The molecule has 33 heavy (non-hydrogen) atoms. The molecule has 1 aromatic carbocycles. The van der Waals surface area contributed by atoms with Gasteiger partial charge in [0.1, 0.15) is 17.3 Å². The summed E-state index contributed by atoms with van der Waals surface area (Å²) >= 11 is 0. The first-order valence-corrected chi connectivity index (χ1v) is 11.7. The summed E-state index contributed by atoms with van der Waals surface area (Å²) in [6.45, 7) is 2.87. The Bertz CT molecular complexity index is 1160. The molecule has 3 aliphatic rings. The molecule has 0 aliphatic carbocycles. The van der Waals surface area contributed by atoms with Crippen molar-refractivity contribution >= 4 is 17.4 Å². The Morgan fingerprint density at radius 2 is 1.94 bits per heavy atom. The molecule has 3 aliphatic heterocycles. The Kier molecular flexibility index (Phi) is 5.22. The van der Waals surface area contributed by atoms with E-state index in [4.69, 9.17) is 9.47 Å². The summed E-state index contributed by atoms with van der Waals surface area (Å²) in [5, 5.41) is 2.97. The van der Waals surface area contributed by atoms with E-state index < -0.39 is 0 Å². The molecular formula is C25H27N5O3. The van der Waals surface area contributed by atoms with Crippen molar-refractivity contribution in [1.82, 2.24) is 14.5 Å². The third-order valence-corrected chi connectivity index (χ3v) is 6.73. The second-order valence-electron chi connectivity index (χ2n) is 8.87. The zero-order valence-corrected chi connectivity index (χ0v) is 18.4. The van der Waals surface area contributed by atoms with Crippen LogP contribution in [-0.2, 0) is 11.3 Å². The van der Waals surface area contributed by atoms with E-state index in [1.165, 1.54) is 0 Å². The average Bonchev–Trinajstić information content (AvgIpc) is 3.40. The van der Waals surface area contributed by atoms with Crippen LogP contribution in [0, 0.1) is 0 Å². The number of benzene rings is 1. The summed E-state index contributed by atoms with van der Waals surface area (Å²) < 4.78 is 13.9. The number of rotatable bonds is 1. The second kappa shape index (κ2) is 8.51. The average molecular weight is 446 g/mol. The minimum atomic E-state index is -0.225. The van der Waals surface area contributed by atoms with Crippen LogP contribution in [0.2, 0.25) is 0 Å². The lowest BCUT2D eigenvalue weighted by molar-refractivity contribution is 0.0906. The number of aromatic nitrogens is 3. The van der Waals surface area contributed by atoms with Crippen LogP contribution in [0.15, 0.2) is 48.8 Å². The van der Waals surface area contributed by atoms with Crippen LogP contribution in [-0.4, -0.2) is 52.3 Å². The maximum atomic E-state index is 13.4. The predicted molar refractivity (Wildman–Crippen MR) is 125 cm³/mol. The first-order chi connectivity index (χ1) is 16.3. The molecule has 1 N–H and O–H groups in total. The zero-order chi connectivity index (χ0) is 22.2. The van der Waals surface area contributed by atoms with E-state index in [9.17, 15) is 4.79 Å². The van der Waals surface area contributed by atoms with Gasteiger partial charge >= 0.3 is 0 Å². The molecule has 2 atom stereocenters. The maximum Gasteiger partial charge on any atom is 0.260 e. The fourth-order valence-corrected chi connectivity index (χ4v) is 5.13. The van der Waals surface area contributed by atoms with Crippen molar-refractivity contribution in [2.45, 2.75) is 44.3 Å². The second-order valence-corrected chi connectivity index (χ2v) is 8.87. The van der Waals surface area contributed by atoms with Gasteiger partial charge in [-0.25, -0.2) is 9.97 Å². The van der Waals surface area contributed by atoms with E-state index in [2.05, 4.69) is 30.8 Å². The molecule has 2 fully saturated rings. The fourth-order valence-electron chi connectivity index (χ4n) is 5.13. The van der Waals surface area contributed by atoms with Crippen LogP contribution in [0.25, 0.3) is 11.5 Å². The van der Waals surface area contributed by atoms with Crippen molar-refractivity contribution in [2.24, 2.45) is 0 Å². The van der Waals surface area contributed by atoms with Gasteiger partial charge in [-0.3, -0.25) is 4.79 Å². The summed E-state index contributed by atoms with van der Waals surface area (Å²) in [4.78, 5) is 25.0. The molecular weight excluding hydrogens is 418 g/mol. The number of anilines is 2. The van der Waals surface area contributed by atoms with Crippen molar-refractivity contribution in [2.75, 3.05) is 30.0 Å². The van der Waals surface area contributed by atoms with Gasteiger partial charge in [-0.15, -0.1) is 0 Å². The number of fused-ring (bicyclic) bond motifs is 7. The molecule has 170 valence electrons. The Labute approximate surface area is 192 Å². The molecule has 2 unspecified atom stereocenters. The molecule has 0 spiro atoms. The lowest BCUT2D eigenvalue weighted by Crippen LogP contribution is -2.46. The van der Waals surface area contributed by atoms with Gasteiger partial charge in [-0.2, -0.15) is 0 Å². The number of carbonyl (C=O) groups excluding carboxylic acids is 1. The number of imidazole rings is 1. The first kappa shape index (κ1) is 20.2. The van der Waals surface area contributed by atoms with Crippen LogP contribution in [0.5, 0.6) is 5.75 Å². The highest BCUT2D eigenvalue weighted by molar-refractivity contribution is 6.06. The molecule has 8 heteroatoms. The van der Waals surface area contributed by atoms with Crippen LogP contribution in [0.1, 0.15) is 36.0 Å². The highest BCUT2D eigenvalue weighted by atomic mass is 16.5. The largest absolute Gasteiger partial charge is 0.493 e. The molecule has 3 aromatic rings. The van der Waals surface area contributed by atoms with Crippen molar-refractivity contribution < 1.29 is 14.3 Å². The van der Waals surface area contributed by atoms with Crippen molar-refractivity contribution in [3.63, 3.8) is 0 Å². The van der Waals surface area contributed by atoms with Crippen molar-refractivity contribution in [3.05, 3.63) is 54.4 Å². The van der Waals surface area contributed by atoms with Gasteiger partial charge in [0.25, 0.3) is 5.91 Å². The highest BCUT2D eigenvalue weighted by Crippen LogP contribution is 2.36. The van der Waals surface area contributed by atoms with Gasteiger partial charge in [-0.1, -0.05) is 6.07 Å². The number of morpholine rings is 1. The Hall–Kier alpha value is -3.39. The molecule has 0 radical (unpaired) electrons. The SMILES string of the molecule is O=C1Nc2cccc(n2)-c2nccn2CCCCOc2ccc(N3C4CCC3COC4)cc21. The van der Waals surface area contributed by atoms with Crippen LogP contribution >= 0.6 is 0 Å². The number of ether oxygens (including phenoxy) is 2. The van der Waals surface area contributed by atoms with Crippen LogP contribution in [0.3, 0.4) is 0 Å². The molecule has 6 rings (SSSR count). The maximum absolute atomic E-state index is 13.4. The van der Waals surface area contributed by atoms with Crippen LogP contribution < -0.4 is 15.0 Å². The summed E-state index contributed by atoms with van der Waals surface area (Å²) in [6.07, 6.45) is 7.81. The number of hydrogen-bond donors (Lipinski definition) is 1. The number of nitrogens with zero attached hydrogens (tertiary/aromatic N) is 4. The van der Waals surface area contributed by atoms with E-state index >= 15 is 0 Å². The third kappa shape index (κ3) is 3.84. The van der Waals surface area contributed by atoms with E-state index in [0.717, 1.165) is 62.6 Å². The summed E-state index contributed by atoms with van der Waals surface area (Å²) in [5.74, 6) is 1.67. The molecule has 2 saturated heterocycles. The first-order valence-electron chi connectivity index (χ1n) is 11.7. The van der Waals surface area contributed by atoms with Gasteiger partial charge in [0.15, 0.2) is 5.82 Å². The minimum absolute atomic E-state index is 0.225. The van der Waals surface area contributed by atoms with Gasteiger partial charge in [0.2, 0.25) is 0 Å². The van der Waals surface area contributed by atoms with E-state index in [0.29, 0.717) is 35.8 Å². The van der Waals surface area contributed by atoms with Gasteiger partial charge in [-0.05, 0) is 56.0 Å². The quantitative estimate of drug-likeness (QED) is 0.615. The molecule has 0 saturated carbocycles. The minimum Gasteiger partial charge on any atom is -0.493 e. The summed E-state index contributed by atoms with van der Waals surface area (Å²) in [6, 6.07) is 12.3. The van der Waals surface area contributed by atoms with Gasteiger partial charge < -0.3 is 24.3 Å². The Morgan fingerprint density at radius 3 is 2.82 bits per heavy atom. The fraction of sp³-hybridized carbons (Fsp3) is 0.400. The van der Waals surface area contributed by atoms with Crippen molar-refractivity contribution in [3.8, 4) is 17.3 Å². The number of aryl methyl sites for hydroxylation is 1. The Balaban J connectivity index is 1.36. The topological polar surface area (TPSA) is 81.5 Å². The molecule has 2 aromatic heterocycles. The van der Waals surface area contributed by atoms with Gasteiger partial charge in [0, 0.05) is 24.6 Å². The zero-order valence-electron chi connectivity index (χ0n) is 18.4. The van der Waals surface area contributed by atoms with Crippen LogP contribution in [0.4, 0.5) is 11.5 Å². The number of nitrogens with one attached hydrogen (secondary N) is 1. The predicted octanol–water partition coefficient (Wildman–Crippen LogP) is 3.74. The number of pyridine rings is 1. The highest BCUT2D eigenvalue weighted by Gasteiger charge is 2.37. The summed E-state index contributed by atoms with van der Waals surface area (Å²) in [5.41, 5.74) is 2.32. The molecule has 5 heterocycles. The lowest BCUT2D eigenvalue weighted by Gasteiger charge is -2.37. The number of carbonyl (C=O) groups is 1. The summed E-state index contributed by atoms with van der Waals surface area (Å²) in [7, 11) is 0. The molecule has 1 amide bonds. The normalized spacial score (nSPS) is 22.5. The van der Waals surface area contributed by atoms with Gasteiger partial charge in [0.05, 0.1) is 37.5 Å². The number of hydrogen-bond acceptors (Lipinski definition) is 6. The number of amides is 1. The smallest absolute Gasteiger partial charge is 0.260 e. The third-order valence-electron chi connectivity index (χ3n) is 6.73. The van der Waals surface area contributed by atoms with E-state index in [1.807, 2.05) is 30.5 Å². The standard InChI is InChI=1S/C25H27N5O3/c31-25-20-14-17(30-18-6-7-19(30)16-32-15-18)8-9-22(20)33-13-2-1-11-29-12-10-26-24(29)21-4-3-5-23(27-21)28-25/h3-5,8-10,12,14,18-19H,1-2,6-7,11,13,15-16H2,(H,27,28,31). The lowest BCUT2D eigenvalue weighted by atomic mass is 10.1.